The zero-order chi connectivity index (χ0) is 12.3. The van der Waals surface area contributed by atoms with Crippen LogP contribution >= 0.6 is 0 Å². The van der Waals surface area contributed by atoms with Gasteiger partial charge in [0.15, 0.2) is 0 Å². The van der Waals surface area contributed by atoms with Gasteiger partial charge in [-0.15, -0.1) is 0 Å². The molecule has 6 nitrogen and oxygen atoms in total. The molecule has 92 valence electrons. The molecule has 0 unspecified atom stereocenters. The summed E-state index contributed by atoms with van der Waals surface area (Å²) >= 11 is 0. The molecule has 3 N–H and O–H groups in total. The van der Waals surface area contributed by atoms with Crippen molar-refractivity contribution in [2.45, 2.75) is 6.42 Å². The normalized spacial score (nSPS) is 19.3. The van der Waals surface area contributed by atoms with Gasteiger partial charge in [-0.1, -0.05) is 0 Å². The summed E-state index contributed by atoms with van der Waals surface area (Å²) in [6, 6.07) is 3.43. The lowest BCUT2D eigenvalue weighted by Gasteiger charge is -2.12. The van der Waals surface area contributed by atoms with E-state index >= 15 is 0 Å². The van der Waals surface area contributed by atoms with E-state index in [1.807, 2.05) is 0 Å². The first kappa shape index (κ1) is 11.5. The van der Waals surface area contributed by atoms with E-state index < -0.39 is 6.09 Å². The Morgan fingerprint density at radius 2 is 2.47 bits per heavy atom. The van der Waals surface area contributed by atoms with Crippen LogP contribution in [0.15, 0.2) is 18.3 Å². The Kier molecular flexibility index (Phi) is 3.32. The minimum absolute atomic E-state index is 0.241. The number of hydrogen-bond acceptors (Lipinski definition) is 4. The SMILES string of the molecule is Nc1ccc(OC[C@@H]2CCN(C(=O)O)C2)nc1. The van der Waals surface area contributed by atoms with Crippen molar-refractivity contribution in [3.63, 3.8) is 0 Å². The standard InChI is InChI=1S/C11H15N3O3/c12-9-1-2-10(13-5-9)17-7-8-3-4-14(6-8)11(15)16/h1-2,5,8H,3-4,6-7,12H2,(H,15,16)/t8-/m1/s1. The van der Waals surface area contributed by atoms with E-state index in [9.17, 15) is 4.79 Å². The highest BCUT2D eigenvalue weighted by atomic mass is 16.5. The quantitative estimate of drug-likeness (QED) is 0.820. The number of ether oxygens (including phenoxy) is 1. The minimum Gasteiger partial charge on any atom is -0.477 e. The largest absolute Gasteiger partial charge is 0.477 e. The van der Waals surface area contributed by atoms with Crippen molar-refractivity contribution in [3.05, 3.63) is 18.3 Å². The Morgan fingerprint density at radius 1 is 1.65 bits per heavy atom. The van der Waals surface area contributed by atoms with Crippen LogP contribution in [0.25, 0.3) is 0 Å². The summed E-state index contributed by atoms with van der Waals surface area (Å²) in [7, 11) is 0. The molecule has 0 aromatic carbocycles. The van der Waals surface area contributed by atoms with Crippen LogP contribution in [0.2, 0.25) is 0 Å². The van der Waals surface area contributed by atoms with Crippen LogP contribution in [0.3, 0.4) is 0 Å². The van der Waals surface area contributed by atoms with Crippen LogP contribution < -0.4 is 10.5 Å². The summed E-state index contributed by atoms with van der Waals surface area (Å²) in [6.07, 6.45) is 1.51. The number of anilines is 1. The van der Waals surface area contributed by atoms with Gasteiger partial charge in [0, 0.05) is 25.1 Å². The van der Waals surface area contributed by atoms with Crippen molar-refractivity contribution in [2.24, 2.45) is 5.92 Å². The number of nitrogens with zero attached hydrogens (tertiary/aromatic N) is 2. The van der Waals surface area contributed by atoms with Crippen LogP contribution in [-0.4, -0.2) is 40.8 Å². The van der Waals surface area contributed by atoms with E-state index in [0.717, 1.165) is 6.42 Å². The van der Waals surface area contributed by atoms with Crippen molar-refractivity contribution in [1.29, 1.82) is 0 Å². The first-order valence-electron chi connectivity index (χ1n) is 5.47. The van der Waals surface area contributed by atoms with Gasteiger partial charge in [-0.2, -0.15) is 0 Å². The highest BCUT2D eigenvalue weighted by Gasteiger charge is 2.26. The molecular weight excluding hydrogens is 222 g/mol. The summed E-state index contributed by atoms with van der Waals surface area (Å²) in [4.78, 5) is 16.1. The summed E-state index contributed by atoms with van der Waals surface area (Å²) in [6.45, 7) is 1.60. The molecule has 0 bridgehead atoms. The smallest absolute Gasteiger partial charge is 0.407 e. The van der Waals surface area contributed by atoms with Gasteiger partial charge in [0.25, 0.3) is 0 Å². The van der Waals surface area contributed by atoms with Gasteiger partial charge in [0.1, 0.15) is 0 Å². The van der Waals surface area contributed by atoms with Gasteiger partial charge >= 0.3 is 6.09 Å². The Morgan fingerprint density at radius 3 is 3.06 bits per heavy atom. The van der Waals surface area contributed by atoms with Gasteiger partial charge in [-0.05, 0) is 12.5 Å². The summed E-state index contributed by atoms with van der Waals surface area (Å²) in [5.74, 6) is 0.762. The van der Waals surface area contributed by atoms with E-state index in [0.29, 0.717) is 31.3 Å². The molecule has 1 fully saturated rings. The molecule has 2 rings (SSSR count). The first-order chi connectivity index (χ1) is 8.15. The summed E-state index contributed by atoms with van der Waals surface area (Å²) < 4.78 is 5.49. The van der Waals surface area contributed by atoms with E-state index in [2.05, 4.69) is 4.98 Å². The summed E-state index contributed by atoms with van der Waals surface area (Å²) in [5.41, 5.74) is 6.10. The van der Waals surface area contributed by atoms with Crippen molar-refractivity contribution in [3.8, 4) is 5.88 Å². The van der Waals surface area contributed by atoms with Gasteiger partial charge in [-0.25, -0.2) is 9.78 Å². The topological polar surface area (TPSA) is 88.7 Å². The maximum atomic E-state index is 10.7. The fourth-order valence-electron chi connectivity index (χ4n) is 1.82. The number of aromatic nitrogens is 1. The highest BCUT2D eigenvalue weighted by Crippen LogP contribution is 2.18. The summed E-state index contributed by atoms with van der Waals surface area (Å²) in [5, 5.41) is 8.81. The predicted octanol–water partition coefficient (Wildman–Crippen LogP) is 1.04. The zero-order valence-electron chi connectivity index (χ0n) is 9.37. The third-order valence-electron chi connectivity index (χ3n) is 2.78. The van der Waals surface area contributed by atoms with Gasteiger partial charge < -0.3 is 20.5 Å². The molecule has 1 saturated heterocycles. The van der Waals surface area contributed by atoms with Gasteiger partial charge in [0.2, 0.25) is 5.88 Å². The van der Waals surface area contributed by atoms with Crippen molar-refractivity contribution < 1.29 is 14.6 Å². The van der Waals surface area contributed by atoms with Crippen LogP contribution in [0, 0.1) is 5.92 Å². The van der Waals surface area contributed by atoms with Crippen molar-refractivity contribution in [1.82, 2.24) is 9.88 Å². The fourth-order valence-corrected chi connectivity index (χ4v) is 1.82. The molecular formula is C11H15N3O3. The zero-order valence-corrected chi connectivity index (χ0v) is 9.37. The number of rotatable bonds is 3. The van der Waals surface area contributed by atoms with Crippen LogP contribution in [-0.2, 0) is 0 Å². The number of nitrogens with two attached hydrogens (primary N) is 1. The second kappa shape index (κ2) is 4.90. The number of amides is 1. The van der Waals surface area contributed by atoms with Crippen molar-refractivity contribution >= 4 is 11.8 Å². The van der Waals surface area contributed by atoms with Gasteiger partial charge in [0.05, 0.1) is 18.5 Å². The molecule has 0 radical (unpaired) electrons. The average Bonchev–Trinajstić information content (AvgIpc) is 2.77. The Labute approximate surface area is 99.0 Å². The van der Waals surface area contributed by atoms with Gasteiger partial charge in [-0.3, -0.25) is 0 Å². The third kappa shape index (κ3) is 2.99. The van der Waals surface area contributed by atoms with Crippen molar-refractivity contribution in [2.75, 3.05) is 25.4 Å². The lowest BCUT2D eigenvalue weighted by Crippen LogP contribution is -2.27. The molecule has 1 aliphatic rings. The Balaban J connectivity index is 1.80. The molecule has 1 aromatic rings. The Hall–Kier alpha value is -1.98. The lowest BCUT2D eigenvalue weighted by molar-refractivity contribution is 0.151. The number of carbonyl (C=O) groups is 1. The highest BCUT2D eigenvalue weighted by molar-refractivity contribution is 5.65. The van der Waals surface area contributed by atoms with Crippen LogP contribution in [0.5, 0.6) is 5.88 Å². The molecule has 0 spiro atoms. The predicted molar refractivity (Wildman–Crippen MR) is 61.8 cm³/mol. The maximum absolute atomic E-state index is 10.7. The van der Waals surface area contributed by atoms with E-state index in [-0.39, 0.29) is 5.92 Å². The number of hydrogen-bond donors (Lipinski definition) is 2. The molecule has 1 amide bonds. The van der Waals surface area contributed by atoms with E-state index in [1.165, 1.54) is 11.1 Å². The molecule has 2 heterocycles. The van der Waals surface area contributed by atoms with Crippen LogP contribution in [0.1, 0.15) is 6.42 Å². The van der Waals surface area contributed by atoms with E-state index in [1.54, 1.807) is 12.1 Å². The number of carboxylic acid groups (broad SMARTS) is 1. The molecule has 0 aliphatic carbocycles. The molecule has 17 heavy (non-hydrogen) atoms. The maximum Gasteiger partial charge on any atom is 0.407 e. The molecule has 1 atom stereocenters. The second-order valence-corrected chi connectivity index (χ2v) is 4.12. The monoisotopic (exact) mass is 237 g/mol. The molecule has 1 aliphatic heterocycles. The lowest BCUT2D eigenvalue weighted by atomic mass is 10.1. The first-order valence-corrected chi connectivity index (χ1v) is 5.47. The minimum atomic E-state index is -0.863. The Bertz CT molecular complexity index is 393. The second-order valence-electron chi connectivity index (χ2n) is 4.12. The van der Waals surface area contributed by atoms with Crippen LogP contribution in [0.4, 0.5) is 10.5 Å². The fraction of sp³-hybridized carbons (Fsp3) is 0.455. The third-order valence-corrected chi connectivity index (χ3v) is 2.78. The average molecular weight is 237 g/mol. The number of likely N-dealkylation sites (tertiary alicyclic amines) is 1. The molecule has 6 heteroatoms. The molecule has 1 aromatic heterocycles. The number of nitrogen functional groups attached to an aromatic ring is 1. The van der Waals surface area contributed by atoms with E-state index in [4.69, 9.17) is 15.6 Å². The number of pyridine rings is 1. The molecule has 0 saturated carbocycles.